The topological polar surface area (TPSA) is 52.6 Å². The molecule has 0 bridgehead atoms. The second-order valence-electron chi connectivity index (χ2n) is 8.41. The maximum Gasteiger partial charge on any atom is 0.251 e. The van der Waals surface area contributed by atoms with E-state index in [4.69, 9.17) is 11.6 Å². The number of nitrogens with one attached hydrogen (secondary N) is 1. The number of phenolic OH excluding ortho intramolecular Hbond substituents is 1. The number of aromatic hydroxyl groups is 1. The van der Waals surface area contributed by atoms with E-state index in [2.05, 4.69) is 22.3 Å². The quantitative estimate of drug-likeness (QED) is 0.456. The third-order valence-corrected chi connectivity index (χ3v) is 6.28. The third kappa shape index (κ3) is 5.90. The molecule has 0 fully saturated rings. The molecule has 0 unspecified atom stereocenters. The van der Waals surface area contributed by atoms with Crippen molar-refractivity contribution in [3.63, 3.8) is 0 Å². The fraction of sp³-hybridized carbons (Fsp3) is 0.296. The Morgan fingerprint density at radius 1 is 1.00 bits per heavy atom. The maximum absolute atomic E-state index is 12.8. The summed E-state index contributed by atoms with van der Waals surface area (Å²) in [5.74, 6) is 0.321. The normalized spacial score (nSPS) is 13.5. The number of hydrogen-bond donors (Lipinski definition) is 2. The van der Waals surface area contributed by atoms with Gasteiger partial charge in [0.05, 0.1) is 0 Å². The van der Waals surface area contributed by atoms with Gasteiger partial charge in [-0.15, -0.1) is 0 Å². The number of halogens is 1. The molecule has 0 atom stereocenters. The van der Waals surface area contributed by atoms with E-state index in [0.29, 0.717) is 12.3 Å². The number of aryl methyl sites for hydroxylation is 1. The van der Waals surface area contributed by atoms with Crippen LogP contribution in [-0.4, -0.2) is 29.0 Å². The second-order valence-corrected chi connectivity index (χ2v) is 8.85. The molecule has 0 radical (unpaired) electrons. The first-order valence-corrected chi connectivity index (χ1v) is 11.6. The van der Waals surface area contributed by atoms with Gasteiger partial charge in [-0.25, -0.2) is 0 Å². The van der Waals surface area contributed by atoms with Gasteiger partial charge in [0.25, 0.3) is 5.91 Å². The minimum absolute atomic E-state index is 0.00516. The SMILES string of the molecule is O=C(NCCCCc1ccc(Cl)cc1)c1ccccc1CN1CCc2cc(O)ccc2C1. The lowest BCUT2D eigenvalue weighted by atomic mass is 9.98. The zero-order valence-corrected chi connectivity index (χ0v) is 18.9. The lowest BCUT2D eigenvalue weighted by Gasteiger charge is -2.29. The van der Waals surface area contributed by atoms with Crippen molar-refractivity contribution in [3.8, 4) is 5.75 Å². The summed E-state index contributed by atoms with van der Waals surface area (Å²) in [4.78, 5) is 15.2. The number of unbranched alkanes of at least 4 members (excludes halogenated alkanes) is 1. The fourth-order valence-corrected chi connectivity index (χ4v) is 4.38. The van der Waals surface area contributed by atoms with Gasteiger partial charge in [-0.1, -0.05) is 48.0 Å². The smallest absolute Gasteiger partial charge is 0.251 e. The molecular formula is C27H29ClN2O2. The summed E-state index contributed by atoms with van der Waals surface area (Å²) in [7, 11) is 0. The van der Waals surface area contributed by atoms with Gasteiger partial charge in [-0.3, -0.25) is 9.69 Å². The van der Waals surface area contributed by atoms with Crippen molar-refractivity contribution >= 4 is 17.5 Å². The van der Waals surface area contributed by atoms with Crippen LogP contribution in [0, 0.1) is 0 Å². The van der Waals surface area contributed by atoms with Crippen molar-refractivity contribution in [2.24, 2.45) is 0 Å². The van der Waals surface area contributed by atoms with Gasteiger partial charge in [0.1, 0.15) is 5.75 Å². The van der Waals surface area contributed by atoms with E-state index in [1.165, 1.54) is 16.7 Å². The molecule has 1 amide bonds. The molecule has 3 aromatic carbocycles. The molecule has 1 aliphatic heterocycles. The zero-order valence-electron chi connectivity index (χ0n) is 18.2. The largest absolute Gasteiger partial charge is 0.508 e. The molecule has 32 heavy (non-hydrogen) atoms. The van der Waals surface area contributed by atoms with Crippen LogP contribution in [0.15, 0.2) is 66.7 Å². The van der Waals surface area contributed by atoms with E-state index in [-0.39, 0.29) is 5.91 Å². The van der Waals surface area contributed by atoms with E-state index in [1.54, 1.807) is 6.07 Å². The monoisotopic (exact) mass is 448 g/mol. The van der Waals surface area contributed by atoms with Crippen LogP contribution in [0.1, 0.15) is 45.5 Å². The molecular weight excluding hydrogens is 420 g/mol. The standard InChI is InChI=1S/C27H29ClN2O2/c28-24-11-8-20(9-12-24)5-3-4-15-29-27(32)26-7-2-1-6-23(26)19-30-16-14-21-17-25(31)13-10-22(21)18-30/h1-2,6-13,17,31H,3-5,14-16,18-19H2,(H,29,32). The lowest BCUT2D eigenvalue weighted by Crippen LogP contribution is -2.31. The molecule has 3 aromatic rings. The summed E-state index contributed by atoms with van der Waals surface area (Å²) in [6.45, 7) is 3.15. The Hall–Kier alpha value is -2.82. The lowest BCUT2D eigenvalue weighted by molar-refractivity contribution is 0.0950. The summed E-state index contributed by atoms with van der Waals surface area (Å²) in [6.07, 6.45) is 3.85. The van der Waals surface area contributed by atoms with E-state index in [0.717, 1.165) is 61.5 Å². The molecule has 1 aliphatic rings. The van der Waals surface area contributed by atoms with Crippen molar-refractivity contribution in [2.75, 3.05) is 13.1 Å². The first-order valence-electron chi connectivity index (χ1n) is 11.2. The molecule has 0 aromatic heterocycles. The molecule has 0 saturated carbocycles. The van der Waals surface area contributed by atoms with Gasteiger partial charge in [-0.2, -0.15) is 0 Å². The van der Waals surface area contributed by atoms with Gasteiger partial charge in [-0.05, 0) is 78.3 Å². The number of fused-ring (bicyclic) bond motifs is 1. The van der Waals surface area contributed by atoms with Gasteiger partial charge >= 0.3 is 0 Å². The molecule has 166 valence electrons. The summed E-state index contributed by atoms with van der Waals surface area (Å²) in [5.41, 5.74) is 5.53. The van der Waals surface area contributed by atoms with Crippen LogP contribution < -0.4 is 5.32 Å². The third-order valence-electron chi connectivity index (χ3n) is 6.03. The molecule has 0 aliphatic carbocycles. The Labute approximate surface area is 194 Å². The molecule has 1 heterocycles. The Morgan fingerprint density at radius 3 is 2.66 bits per heavy atom. The number of hydrogen-bond acceptors (Lipinski definition) is 3. The molecule has 5 heteroatoms. The number of carbonyl (C=O) groups excluding carboxylic acids is 1. The highest BCUT2D eigenvalue weighted by Crippen LogP contribution is 2.24. The van der Waals surface area contributed by atoms with Gasteiger partial charge < -0.3 is 10.4 Å². The van der Waals surface area contributed by atoms with Crippen LogP contribution in [0.5, 0.6) is 5.75 Å². The maximum atomic E-state index is 12.8. The number of nitrogens with zero attached hydrogens (tertiary/aromatic N) is 1. The summed E-state index contributed by atoms with van der Waals surface area (Å²) >= 11 is 5.93. The van der Waals surface area contributed by atoms with E-state index >= 15 is 0 Å². The van der Waals surface area contributed by atoms with Crippen molar-refractivity contribution in [2.45, 2.75) is 38.8 Å². The van der Waals surface area contributed by atoms with Gasteiger partial charge in [0, 0.05) is 36.8 Å². The average molecular weight is 449 g/mol. The minimum Gasteiger partial charge on any atom is -0.508 e. The highest BCUT2D eigenvalue weighted by Gasteiger charge is 2.19. The number of benzene rings is 3. The highest BCUT2D eigenvalue weighted by atomic mass is 35.5. The first-order chi connectivity index (χ1) is 15.6. The summed E-state index contributed by atoms with van der Waals surface area (Å²) in [6, 6.07) is 21.4. The predicted molar refractivity (Wildman–Crippen MR) is 129 cm³/mol. The van der Waals surface area contributed by atoms with Crippen LogP contribution in [0.25, 0.3) is 0 Å². The summed E-state index contributed by atoms with van der Waals surface area (Å²) in [5, 5.41) is 13.5. The Morgan fingerprint density at radius 2 is 1.81 bits per heavy atom. The van der Waals surface area contributed by atoms with Crippen LogP contribution >= 0.6 is 11.6 Å². The average Bonchev–Trinajstić information content (AvgIpc) is 2.80. The number of phenols is 1. The minimum atomic E-state index is -0.00516. The molecule has 4 nitrogen and oxygen atoms in total. The molecule has 4 rings (SSSR count). The van der Waals surface area contributed by atoms with E-state index < -0.39 is 0 Å². The van der Waals surface area contributed by atoms with Crippen molar-refractivity contribution in [1.82, 2.24) is 10.2 Å². The van der Waals surface area contributed by atoms with Crippen LogP contribution in [-0.2, 0) is 25.9 Å². The van der Waals surface area contributed by atoms with Crippen molar-refractivity contribution in [3.05, 3.63) is 99.6 Å². The van der Waals surface area contributed by atoms with Crippen molar-refractivity contribution in [1.29, 1.82) is 0 Å². The Bertz CT molecular complexity index is 1070. The van der Waals surface area contributed by atoms with Gasteiger partial charge in [0.15, 0.2) is 0 Å². The van der Waals surface area contributed by atoms with Gasteiger partial charge in [0.2, 0.25) is 0 Å². The molecule has 2 N–H and O–H groups in total. The van der Waals surface area contributed by atoms with Crippen LogP contribution in [0.3, 0.4) is 0 Å². The van der Waals surface area contributed by atoms with E-state index in [1.807, 2.05) is 48.5 Å². The number of rotatable bonds is 8. The second kappa shape index (κ2) is 10.7. The molecule has 0 spiro atoms. The summed E-state index contributed by atoms with van der Waals surface area (Å²) < 4.78 is 0. The van der Waals surface area contributed by atoms with Crippen LogP contribution in [0.4, 0.5) is 0 Å². The van der Waals surface area contributed by atoms with Crippen LogP contribution in [0.2, 0.25) is 5.02 Å². The molecule has 0 saturated heterocycles. The number of amides is 1. The first kappa shape index (κ1) is 22.4. The Balaban J connectivity index is 1.28. The highest BCUT2D eigenvalue weighted by molar-refractivity contribution is 6.30. The predicted octanol–water partition coefficient (Wildman–Crippen LogP) is 5.36. The number of carbonyl (C=O) groups is 1. The fourth-order valence-electron chi connectivity index (χ4n) is 4.26. The zero-order chi connectivity index (χ0) is 22.3. The Kier molecular flexibility index (Phi) is 7.46. The van der Waals surface area contributed by atoms with E-state index in [9.17, 15) is 9.90 Å². The van der Waals surface area contributed by atoms with Crippen molar-refractivity contribution < 1.29 is 9.90 Å².